The highest BCUT2D eigenvalue weighted by Crippen LogP contribution is 2.27. The molecule has 1 rings (SSSR count). The Balaban J connectivity index is 3.14. The molecule has 1 aromatic rings. The molecule has 0 unspecified atom stereocenters. The fourth-order valence-corrected chi connectivity index (χ4v) is 1.41. The largest absolute Gasteiger partial charge is 0.324 e. The Kier molecular flexibility index (Phi) is 3.43. The van der Waals surface area contributed by atoms with Crippen LogP contribution in [-0.2, 0) is 0 Å². The SMILES string of the molecule is CC[C@@H](N)c1cc([N+](=O)[O-])ccc1Cl. The summed E-state index contributed by atoms with van der Waals surface area (Å²) >= 11 is 5.87. The van der Waals surface area contributed by atoms with Gasteiger partial charge in [-0.1, -0.05) is 18.5 Å². The van der Waals surface area contributed by atoms with Crippen LogP contribution in [0.4, 0.5) is 5.69 Å². The number of nitrogens with zero attached hydrogens (tertiary/aromatic N) is 1. The van der Waals surface area contributed by atoms with Gasteiger partial charge in [0.2, 0.25) is 0 Å². The molecule has 1 atom stereocenters. The molecule has 76 valence electrons. The molecule has 0 saturated heterocycles. The summed E-state index contributed by atoms with van der Waals surface area (Å²) in [5.41, 5.74) is 6.41. The van der Waals surface area contributed by atoms with Crippen molar-refractivity contribution in [3.63, 3.8) is 0 Å². The lowest BCUT2D eigenvalue weighted by molar-refractivity contribution is -0.384. The molecule has 0 aromatic heterocycles. The van der Waals surface area contributed by atoms with E-state index < -0.39 is 4.92 Å². The molecular formula is C9H11ClN2O2. The predicted octanol–water partition coefficient (Wildman–Crippen LogP) is 2.66. The first-order chi connectivity index (χ1) is 6.56. The number of rotatable bonds is 3. The summed E-state index contributed by atoms with van der Waals surface area (Å²) in [7, 11) is 0. The number of benzene rings is 1. The maximum atomic E-state index is 10.5. The summed E-state index contributed by atoms with van der Waals surface area (Å²) in [5, 5.41) is 11.0. The summed E-state index contributed by atoms with van der Waals surface area (Å²) in [5.74, 6) is 0. The average molecular weight is 215 g/mol. The molecule has 0 spiro atoms. The Morgan fingerprint density at radius 2 is 2.29 bits per heavy atom. The Morgan fingerprint density at radius 1 is 1.64 bits per heavy atom. The third-order valence-electron chi connectivity index (χ3n) is 2.03. The van der Waals surface area contributed by atoms with Crippen LogP contribution in [0.2, 0.25) is 5.02 Å². The summed E-state index contributed by atoms with van der Waals surface area (Å²) < 4.78 is 0. The number of nitrogens with two attached hydrogens (primary N) is 1. The van der Waals surface area contributed by atoms with Crippen molar-refractivity contribution in [2.75, 3.05) is 0 Å². The second kappa shape index (κ2) is 4.39. The average Bonchev–Trinajstić information content (AvgIpc) is 2.17. The Hall–Kier alpha value is -1.13. The van der Waals surface area contributed by atoms with E-state index in [0.717, 1.165) is 0 Å². The van der Waals surface area contributed by atoms with Crippen molar-refractivity contribution in [3.8, 4) is 0 Å². The van der Waals surface area contributed by atoms with Gasteiger partial charge in [-0.3, -0.25) is 10.1 Å². The Morgan fingerprint density at radius 3 is 2.79 bits per heavy atom. The van der Waals surface area contributed by atoms with Crippen molar-refractivity contribution in [1.82, 2.24) is 0 Å². The van der Waals surface area contributed by atoms with E-state index in [1.807, 2.05) is 6.92 Å². The first-order valence-electron chi connectivity index (χ1n) is 4.25. The monoisotopic (exact) mass is 214 g/mol. The Bertz CT molecular complexity index is 355. The molecule has 0 amide bonds. The molecule has 0 saturated carbocycles. The number of hydrogen-bond donors (Lipinski definition) is 1. The van der Waals surface area contributed by atoms with E-state index in [-0.39, 0.29) is 11.7 Å². The van der Waals surface area contributed by atoms with Crippen LogP contribution in [0, 0.1) is 10.1 Å². The van der Waals surface area contributed by atoms with E-state index in [1.54, 1.807) is 0 Å². The van der Waals surface area contributed by atoms with Crippen molar-refractivity contribution in [2.24, 2.45) is 5.73 Å². The van der Waals surface area contributed by atoms with Crippen molar-refractivity contribution < 1.29 is 4.92 Å². The van der Waals surface area contributed by atoms with Gasteiger partial charge in [-0.15, -0.1) is 0 Å². The predicted molar refractivity (Wildman–Crippen MR) is 55.3 cm³/mol. The van der Waals surface area contributed by atoms with Crippen molar-refractivity contribution in [1.29, 1.82) is 0 Å². The molecule has 0 radical (unpaired) electrons. The van der Waals surface area contributed by atoms with Crippen LogP contribution < -0.4 is 5.73 Å². The number of hydrogen-bond acceptors (Lipinski definition) is 3. The molecule has 0 heterocycles. The second-order valence-corrected chi connectivity index (χ2v) is 3.38. The van der Waals surface area contributed by atoms with Crippen LogP contribution in [0.5, 0.6) is 0 Å². The lowest BCUT2D eigenvalue weighted by Crippen LogP contribution is -2.09. The number of non-ortho nitro benzene ring substituents is 1. The highest BCUT2D eigenvalue weighted by molar-refractivity contribution is 6.31. The van der Waals surface area contributed by atoms with Gasteiger partial charge in [0.25, 0.3) is 5.69 Å². The van der Waals surface area contributed by atoms with E-state index in [2.05, 4.69) is 0 Å². The van der Waals surface area contributed by atoms with Gasteiger partial charge in [-0.2, -0.15) is 0 Å². The van der Waals surface area contributed by atoms with Crippen LogP contribution in [-0.4, -0.2) is 4.92 Å². The molecular weight excluding hydrogens is 204 g/mol. The van der Waals surface area contributed by atoms with Crippen molar-refractivity contribution in [2.45, 2.75) is 19.4 Å². The lowest BCUT2D eigenvalue weighted by Gasteiger charge is -2.10. The first-order valence-corrected chi connectivity index (χ1v) is 4.63. The van der Waals surface area contributed by atoms with Crippen LogP contribution in [0.3, 0.4) is 0 Å². The van der Waals surface area contributed by atoms with Gasteiger partial charge >= 0.3 is 0 Å². The van der Waals surface area contributed by atoms with E-state index in [4.69, 9.17) is 17.3 Å². The van der Waals surface area contributed by atoms with Gasteiger partial charge < -0.3 is 5.73 Å². The van der Waals surface area contributed by atoms with Gasteiger partial charge in [0.05, 0.1) is 4.92 Å². The third kappa shape index (κ3) is 2.21. The number of nitro benzene ring substituents is 1. The van der Waals surface area contributed by atoms with E-state index in [1.165, 1.54) is 18.2 Å². The topological polar surface area (TPSA) is 69.2 Å². The molecule has 2 N–H and O–H groups in total. The van der Waals surface area contributed by atoms with Crippen molar-refractivity contribution >= 4 is 17.3 Å². The maximum absolute atomic E-state index is 10.5. The fourth-order valence-electron chi connectivity index (χ4n) is 1.15. The van der Waals surface area contributed by atoms with Crippen molar-refractivity contribution in [3.05, 3.63) is 38.9 Å². The van der Waals surface area contributed by atoms with Gasteiger partial charge in [-0.05, 0) is 18.1 Å². The lowest BCUT2D eigenvalue weighted by atomic mass is 10.0. The third-order valence-corrected chi connectivity index (χ3v) is 2.37. The van der Waals surface area contributed by atoms with E-state index in [9.17, 15) is 10.1 Å². The minimum Gasteiger partial charge on any atom is -0.324 e. The minimum atomic E-state index is -0.456. The molecule has 0 aliphatic carbocycles. The molecule has 1 aromatic carbocycles. The molecule has 0 bridgehead atoms. The zero-order valence-electron chi connectivity index (χ0n) is 7.74. The van der Waals surface area contributed by atoms with Crippen LogP contribution >= 0.6 is 11.6 Å². The quantitative estimate of drug-likeness (QED) is 0.621. The minimum absolute atomic E-state index is 0.0216. The zero-order valence-corrected chi connectivity index (χ0v) is 8.49. The van der Waals surface area contributed by atoms with Gasteiger partial charge in [0.15, 0.2) is 0 Å². The van der Waals surface area contributed by atoms with Crippen LogP contribution in [0.25, 0.3) is 0 Å². The molecule has 14 heavy (non-hydrogen) atoms. The summed E-state index contributed by atoms with van der Waals surface area (Å²) in [6.45, 7) is 1.90. The normalized spacial score (nSPS) is 12.5. The molecule has 0 aliphatic heterocycles. The molecule has 5 heteroatoms. The summed E-state index contributed by atoms with van der Waals surface area (Å²) in [6.07, 6.45) is 0.695. The number of halogens is 1. The van der Waals surface area contributed by atoms with Gasteiger partial charge in [0, 0.05) is 23.2 Å². The zero-order chi connectivity index (χ0) is 10.7. The summed E-state index contributed by atoms with van der Waals surface area (Å²) in [4.78, 5) is 10.0. The highest BCUT2D eigenvalue weighted by atomic mass is 35.5. The maximum Gasteiger partial charge on any atom is 0.269 e. The van der Waals surface area contributed by atoms with Crippen LogP contribution in [0.15, 0.2) is 18.2 Å². The number of nitro groups is 1. The van der Waals surface area contributed by atoms with Gasteiger partial charge in [0.1, 0.15) is 0 Å². The Labute approximate surface area is 86.8 Å². The fraction of sp³-hybridized carbons (Fsp3) is 0.333. The first kappa shape index (κ1) is 10.9. The molecule has 0 fully saturated rings. The second-order valence-electron chi connectivity index (χ2n) is 2.98. The van der Waals surface area contributed by atoms with Crippen LogP contribution in [0.1, 0.15) is 24.9 Å². The summed E-state index contributed by atoms with van der Waals surface area (Å²) in [6, 6.07) is 4.05. The van der Waals surface area contributed by atoms with E-state index >= 15 is 0 Å². The molecule has 0 aliphatic rings. The molecule has 4 nitrogen and oxygen atoms in total. The van der Waals surface area contributed by atoms with Gasteiger partial charge in [-0.25, -0.2) is 0 Å². The smallest absolute Gasteiger partial charge is 0.269 e. The highest BCUT2D eigenvalue weighted by Gasteiger charge is 2.13. The van der Waals surface area contributed by atoms with E-state index in [0.29, 0.717) is 17.0 Å². The standard InChI is InChI=1S/C9H11ClN2O2/c1-2-9(11)7-5-6(12(13)14)3-4-8(7)10/h3-5,9H,2,11H2,1H3/t9-/m1/s1.